The summed E-state index contributed by atoms with van der Waals surface area (Å²) in [6.45, 7) is 13.1. The van der Waals surface area contributed by atoms with Crippen molar-refractivity contribution in [2.45, 2.75) is 62.7 Å². The lowest BCUT2D eigenvalue weighted by Gasteiger charge is -2.30. The van der Waals surface area contributed by atoms with Gasteiger partial charge in [-0.3, -0.25) is 4.90 Å². The van der Waals surface area contributed by atoms with Gasteiger partial charge in [0.1, 0.15) is 0 Å². The van der Waals surface area contributed by atoms with Crippen LogP contribution in [0.25, 0.3) is 11.4 Å². The molecule has 38 heavy (non-hydrogen) atoms. The van der Waals surface area contributed by atoms with Gasteiger partial charge in [-0.05, 0) is 56.4 Å². The molecule has 2 aliphatic heterocycles. The van der Waals surface area contributed by atoms with Crippen molar-refractivity contribution in [1.82, 2.24) is 24.0 Å². The van der Waals surface area contributed by atoms with Crippen LogP contribution in [-0.4, -0.2) is 64.3 Å². The number of nitrogens with zero attached hydrogens (tertiary/aromatic N) is 5. The smallest absolute Gasteiger partial charge is 0.243 e. The summed E-state index contributed by atoms with van der Waals surface area (Å²) in [5.74, 6) is 1.65. The molecule has 3 aromatic rings. The number of fused-ring (bicyclic) bond motifs is 1. The van der Waals surface area contributed by atoms with E-state index in [4.69, 9.17) is 0 Å². The summed E-state index contributed by atoms with van der Waals surface area (Å²) in [6, 6.07) is 14.1. The number of hydrogen-bond donors (Lipinski definition) is 0. The zero-order valence-electron chi connectivity index (χ0n) is 22.4. The number of aryl methyl sites for hydroxylation is 1. The van der Waals surface area contributed by atoms with Crippen molar-refractivity contribution < 1.29 is 8.42 Å². The molecular weight excluding hydrogens is 514 g/mol. The van der Waals surface area contributed by atoms with E-state index in [1.165, 1.54) is 11.1 Å². The highest BCUT2D eigenvalue weighted by Crippen LogP contribution is 2.28. The molecule has 0 bridgehead atoms. The van der Waals surface area contributed by atoms with Gasteiger partial charge in [-0.1, -0.05) is 66.2 Å². The number of benzene rings is 2. The molecular formula is C29H37N5O2S2. The van der Waals surface area contributed by atoms with E-state index in [0.717, 1.165) is 85.3 Å². The standard InChI is InChI=1S/C29H37N5O2S2/c1-4-34-28(25-10-8-22(2)9-11-25)30-31-29(34)37-21-23(3)19-32-17-14-24-12-13-27(18-26(24)20-32)38(35,36)33-15-6-5-7-16-33/h8-13,18H,3-7,14-17,19-21H2,1-2H3. The minimum Gasteiger partial charge on any atom is -0.302 e. The highest BCUT2D eigenvalue weighted by Gasteiger charge is 2.27. The van der Waals surface area contributed by atoms with E-state index < -0.39 is 10.0 Å². The maximum absolute atomic E-state index is 13.2. The first-order valence-corrected chi connectivity index (χ1v) is 15.9. The number of aromatic nitrogens is 3. The predicted molar refractivity (Wildman–Crippen MR) is 154 cm³/mol. The van der Waals surface area contributed by atoms with Crippen molar-refractivity contribution in [2.75, 3.05) is 31.9 Å². The average Bonchev–Trinajstić information content (AvgIpc) is 3.35. The monoisotopic (exact) mass is 551 g/mol. The number of piperidine rings is 1. The number of rotatable bonds is 9. The summed E-state index contributed by atoms with van der Waals surface area (Å²) >= 11 is 1.67. The minimum atomic E-state index is -3.42. The predicted octanol–water partition coefficient (Wildman–Crippen LogP) is 5.15. The van der Waals surface area contributed by atoms with E-state index in [2.05, 4.69) is 64.4 Å². The Balaban J connectivity index is 1.20. The quantitative estimate of drug-likeness (QED) is 0.270. The van der Waals surface area contributed by atoms with Gasteiger partial charge in [-0.2, -0.15) is 4.31 Å². The molecule has 0 amide bonds. The summed E-state index contributed by atoms with van der Waals surface area (Å²) < 4.78 is 30.2. The van der Waals surface area contributed by atoms with Gasteiger partial charge in [0, 0.05) is 50.6 Å². The van der Waals surface area contributed by atoms with Crippen LogP contribution in [-0.2, 0) is 29.5 Å². The van der Waals surface area contributed by atoms with E-state index in [9.17, 15) is 8.42 Å². The van der Waals surface area contributed by atoms with E-state index in [1.807, 2.05) is 12.1 Å². The molecule has 0 spiro atoms. The van der Waals surface area contributed by atoms with Crippen molar-refractivity contribution in [3.8, 4) is 11.4 Å². The van der Waals surface area contributed by atoms with Crippen molar-refractivity contribution in [1.29, 1.82) is 0 Å². The van der Waals surface area contributed by atoms with Crippen LogP contribution in [0.2, 0.25) is 0 Å². The van der Waals surface area contributed by atoms with Gasteiger partial charge < -0.3 is 4.57 Å². The van der Waals surface area contributed by atoms with Crippen LogP contribution in [0.4, 0.5) is 0 Å². The van der Waals surface area contributed by atoms with Crippen LogP contribution in [0.1, 0.15) is 42.9 Å². The lowest BCUT2D eigenvalue weighted by Crippen LogP contribution is -2.36. The van der Waals surface area contributed by atoms with Crippen LogP contribution < -0.4 is 0 Å². The summed E-state index contributed by atoms with van der Waals surface area (Å²) in [4.78, 5) is 2.79. The van der Waals surface area contributed by atoms with E-state index >= 15 is 0 Å². The maximum atomic E-state index is 13.2. The second-order valence-corrected chi connectivity index (χ2v) is 13.2. The highest BCUT2D eigenvalue weighted by molar-refractivity contribution is 7.99. The van der Waals surface area contributed by atoms with Gasteiger partial charge in [0.25, 0.3) is 0 Å². The average molecular weight is 552 g/mol. The SMILES string of the molecule is C=C(CSc1nnc(-c2ccc(C)cc2)n1CC)CN1CCc2ccc(S(=O)(=O)N3CCCCC3)cc2C1. The Morgan fingerprint density at radius 1 is 1.00 bits per heavy atom. The largest absolute Gasteiger partial charge is 0.302 e. The Morgan fingerprint density at radius 3 is 2.50 bits per heavy atom. The zero-order valence-corrected chi connectivity index (χ0v) is 24.0. The fourth-order valence-electron chi connectivity index (χ4n) is 5.27. The number of sulfonamides is 1. The van der Waals surface area contributed by atoms with Crippen LogP contribution in [0, 0.1) is 6.92 Å². The molecule has 0 unspecified atom stereocenters. The fourth-order valence-corrected chi connectivity index (χ4v) is 7.73. The molecule has 3 heterocycles. The molecule has 5 rings (SSSR count). The summed E-state index contributed by atoms with van der Waals surface area (Å²) in [7, 11) is -3.42. The van der Waals surface area contributed by atoms with Crippen molar-refractivity contribution >= 4 is 21.8 Å². The molecule has 0 N–H and O–H groups in total. The molecule has 1 aromatic heterocycles. The maximum Gasteiger partial charge on any atom is 0.243 e. The van der Waals surface area contributed by atoms with E-state index in [0.29, 0.717) is 18.0 Å². The number of hydrogen-bond acceptors (Lipinski definition) is 6. The molecule has 0 saturated carbocycles. The first-order chi connectivity index (χ1) is 18.3. The van der Waals surface area contributed by atoms with Gasteiger partial charge in [0.05, 0.1) is 4.90 Å². The Labute approximate surface area is 231 Å². The Kier molecular flexibility index (Phi) is 8.38. The van der Waals surface area contributed by atoms with Crippen molar-refractivity contribution in [3.63, 3.8) is 0 Å². The molecule has 1 fully saturated rings. The Morgan fingerprint density at radius 2 is 1.76 bits per heavy atom. The fraction of sp³-hybridized carbons (Fsp3) is 0.448. The third-order valence-corrected chi connectivity index (χ3v) is 10.4. The van der Waals surface area contributed by atoms with Gasteiger partial charge >= 0.3 is 0 Å². The molecule has 7 nitrogen and oxygen atoms in total. The molecule has 0 radical (unpaired) electrons. The van der Waals surface area contributed by atoms with E-state index in [-0.39, 0.29) is 0 Å². The zero-order chi connectivity index (χ0) is 26.7. The lowest BCUT2D eigenvalue weighted by atomic mass is 9.99. The normalized spacial score (nSPS) is 16.9. The molecule has 1 saturated heterocycles. The molecule has 0 aliphatic carbocycles. The van der Waals surface area contributed by atoms with Crippen LogP contribution in [0.5, 0.6) is 0 Å². The highest BCUT2D eigenvalue weighted by atomic mass is 32.2. The van der Waals surface area contributed by atoms with Crippen molar-refractivity contribution in [3.05, 3.63) is 71.3 Å². The van der Waals surface area contributed by atoms with Gasteiger partial charge in [0.15, 0.2) is 11.0 Å². The first-order valence-electron chi connectivity index (χ1n) is 13.5. The lowest BCUT2D eigenvalue weighted by molar-refractivity contribution is 0.276. The van der Waals surface area contributed by atoms with Crippen LogP contribution in [0.15, 0.2) is 64.7 Å². The third kappa shape index (κ3) is 5.91. The van der Waals surface area contributed by atoms with Crippen LogP contribution >= 0.6 is 11.8 Å². The Hall–Kier alpha value is -2.46. The van der Waals surface area contributed by atoms with Gasteiger partial charge in [-0.25, -0.2) is 8.42 Å². The second kappa shape index (κ2) is 11.7. The topological polar surface area (TPSA) is 71.3 Å². The third-order valence-electron chi connectivity index (χ3n) is 7.42. The van der Waals surface area contributed by atoms with Crippen LogP contribution in [0.3, 0.4) is 0 Å². The van der Waals surface area contributed by atoms with Crippen molar-refractivity contribution in [2.24, 2.45) is 0 Å². The minimum absolute atomic E-state index is 0.428. The molecule has 0 atom stereocenters. The van der Waals surface area contributed by atoms with E-state index in [1.54, 1.807) is 22.1 Å². The first kappa shape index (κ1) is 27.1. The summed E-state index contributed by atoms with van der Waals surface area (Å²) in [5, 5.41) is 9.84. The number of thioether (sulfide) groups is 1. The van der Waals surface area contributed by atoms with Gasteiger partial charge in [-0.15, -0.1) is 10.2 Å². The molecule has 202 valence electrons. The molecule has 2 aliphatic rings. The summed E-state index contributed by atoms with van der Waals surface area (Å²) in [5.41, 5.74) is 5.78. The summed E-state index contributed by atoms with van der Waals surface area (Å²) in [6.07, 6.45) is 3.92. The van der Waals surface area contributed by atoms with Gasteiger partial charge in [0.2, 0.25) is 10.0 Å². The molecule has 2 aromatic carbocycles. The second-order valence-electron chi connectivity index (χ2n) is 10.3. The molecule has 9 heteroatoms. The Bertz CT molecular complexity index is 1390.